The Morgan fingerprint density at radius 1 is 0.857 bits per heavy atom. The van der Waals surface area contributed by atoms with Crippen LogP contribution in [0.1, 0.15) is 15.9 Å². The standard InChI is InChI=1S/C9H2F6O5S/c10-3-1(5(12)8(15)21(18,19)20)2(9(16)17)4(11)7(14)6(3)13/h(H,16,17)(H,18,19,20). The first-order valence-corrected chi connectivity index (χ1v) is 5.97. The topological polar surface area (TPSA) is 91.7 Å². The third-order valence-electron chi connectivity index (χ3n) is 2.10. The molecule has 2 N–H and O–H groups in total. The lowest BCUT2D eigenvalue weighted by Crippen LogP contribution is -2.13. The number of hydrogen-bond donors (Lipinski definition) is 2. The fraction of sp³-hybridized carbons (Fsp3) is 0. The van der Waals surface area contributed by atoms with Crippen LogP contribution in [0.5, 0.6) is 0 Å². The quantitative estimate of drug-likeness (QED) is 0.383. The van der Waals surface area contributed by atoms with E-state index >= 15 is 0 Å². The van der Waals surface area contributed by atoms with Crippen LogP contribution in [0, 0.1) is 23.3 Å². The minimum atomic E-state index is -5.91. The lowest BCUT2D eigenvalue weighted by Gasteiger charge is -2.09. The summed E-state index contributed by atoms with van der Waals surface area (Å²) in [7, 11) is -5.91. The highest BCUT2D eigenvalue weighted by atomic mass is 32.2. The second-order valence-corrected chi connectivity index (χ2v) is 4.68. The van der Waals surface area contributed by atoms with Gasteiger partial charge in [-0.2, -0.15) is 12.8 Å². The zero-order chi connectivity index (χ0) is 16.7. The molecule has 5 nitrogen and oxygen atoms in total. The molecular formula is C9H2F6O5S. The molecule has 0 heterocycles. The van der Waals surface area contributed by atoms with Crippen LogP contribution in [0.3, 0.4) is 0 Å². The highest BCUT2D eigenvalue weighted by molar-refractivity contribution is 7.89. The number of carboxylic acid groups (broad SMARTS) is 1. The number of halogens is 6. The molecule has 1 aromatic carbocycles. The fourth-order valence-corrected chi connectivity index (χ4v) is 1.58. The smallest absolute Gasteiger partial charge is 0.339 e. The molecule has 0 aromatic heterocycles. The molecule has 0 aliphatic carbocycles. The Hall–Kier alpha value is -2.08. The molecule has 0 saturated heterocycles. The van der Waals surface area contributed by atoms with Crippen molar-refractivity contribution >= 4 is 21.9 Å². The van der Waals surface area contributed by atoms with Gasteiger partial charge in [0.1, 0.15) is 5.56 Å². The molecule has 0 saturated carbocycles. The van der Waals surface area contributed by atoms with Gasteiger partial charge in [-0.3, -0.25) is 4.55 Å². The summed E-state index contributed by atoms with van der Waals surface area (Å²) in [5, 5.41) is 5.40. The molecule has 0 atom stereocenters. The molecule has 0 unspecified atom stereocenters. The van der Waals surface area contributed by atoms with Crippen molar-refractivity contribution in [3.05, 3.63) is 39.6 Å². The van der Waals surface area contributed by atoms with Crippen molar-refractivity contribution in [2.24, 2.45) is 0 Å². The maximum Gasteiger partial charge on any atom is 0.339 e. The van der Waals surface area contributed by atoms with E-state index in [9.17, 15) is 39.6 Å². The molecule has 0 aliphatic heterocycles. The van der Waals surface area contributed by atoms with Crippen LogP contribution in [0.15, 0.2) is 5.16 Å². The van der Waals surface area contributed by atoms with Crippen molar-refractivity contribution in [3.63, 3.8) is 0 Å². The largest absolute Gasteiger partial charge is 0.478 e. The molecule has 116 valence electrons. The maximum atomic E-state index is 13.4. The minimum absolute atomic E-state index is 2.19. The average Bonchev–Trinajstić information content (AvgIpc) is 2.36. The summed E-state index contributed by atoms with van der Waals surface area (Å²) in [6.45, 7) is 0. The molecule has 1 rings (SSSR count). The predicted octanol–water partition coefficient (Wildman–Crippen LogP) is 2.39. The Morgan fingerprint density at radius 2 is 1.24 bits per heavy atom. The van der Waals surface area contributed by atoms with E-state index in [0.717, 1.165) is 0 Å². The first kappa shape index (κ1) is 17.0. The van der Waals surface area contributed by atoms with E-state index in [1.54, 1.807) is 0 Å². The summed E-state index contributed by atoms with van der Waals surface area (Å²) in [5.74, 6) is -16.1. The van der Waals surface area contributed by atoms with Gasteiger partial charge in [0, 0.05) is 0 Å². The normalized spacial score (nSPS) is 13.1. The van der Waals surface area contributed by atoms with Crippen molar-refractivity contribution in [3.8, 4) is 0 Å². The van der Waals surface area contributed by atoms with Crippen LogP contribution in [0.25, 0.3) is 5.83 Å². The average molecular weight is 336 g/mol. The van der Waals surface area contributed by atoms with Gasteiger partial charge in [0.25, 0.3) is 5.16 Å². The van der Waals surface area contributed by atoms with Gasteiger partial charge in [0.15, 0.2) is 29.1 Å². The van der Waals surface area contributed by atoms with Gasteiger partial charge in [-0.1, -0.05) is 0 Å². The molecule has 0 radical (unpaired) electrons. The number of carbonyl (C=O) groups is 1. The van der Waals surface area contributed by atoms with Gasteiger partial charge in [-0.15, -0.1) is 0 Å². The molecule has 12 heteroatoms. The van der Waals surface area contributed by atoms with Gasteiger partial charge in [0.2, 0.25) is 0 Å². The second-order valence-electron chi connectivity index (χ2n) is 3.37. The van der Waals surface area contributed by atoms with Gasteiger partial charge in [-0.25, -0.2) is 26.7 Å². The predicted molar refractivity (Wildman–Crippen MR) is 53.9 cm³/mol. The van der Waals surface area contributed by atoms with Crippen LogP contribution < -0.4 is 0 Å². The molecule has 0 amide bonds. The van der Waals surface area contributed by atoms with Crippen molar-refractivity contribution in [2.75, 3.05) is 0 Å². The third-order valence-corrected chi connectivity index (χ3v) is 2.73. The molecular weight excluding hydrogens is 334 g/mol. The molecule has 0 aliphatic rings. The van der Waals surface area contributed by atoms with E-state index < -0.39 is 61.5 Å². The Morgan fingerprint density at radius 3 is 1.57 bits per heavy atom. The van der Waals surface area contributed by atoms with E-state index in [1.807, 2.05) is 0 Å². The number of hydrogen-bond acceptors (Lipinski definition) is 3. The third kappa shape index (κ3) is 2.85. The highest BCUT2D eigenvalue weighted by Crippen LogP contribution is 2.33. The SMILES string of the molecule is O=C(O)c1c(F)c(F)c(F)c(F)c1C(F)=C(F)S(=O)(=O)O. The van der Waals surface area contributed by atoms with Crippen molar-refractivity contribution in [1.82, 2.24) is 0 Å². The molecule has 0 fully saturated rings. The summed E-state index contributed by atoms with van der Waals surface area (Å²) in [6, 6.07) is 0. The van der Waals surface area contributed by atoms with Crippen LogP contribution >= 0.6 is 0 Å². The summed E-state index contributed by atoms with van der Waals surface area (Å²) < 4.78 is 107. The zero-order valence-electron chi connectivity index (χ0n) is 9.30. The van der Waals surface area contributed by atoms with Gasteiger partial charge < -0.3 is 5.11 Å². The van der Waals surface area contributed by atoms with Gasteiger partial charge >= 0.3 is 16.1 Å². The van der Waals surface area contributed by atoms with E-state index in [-0.39, 0.29) is 0 Å². The Bertz CT molecular complexity index is 770. The van der Waals surface area contributed by atoms with Crippen LogP contribution in [0.4, 0.5) is 26.3 Å². The van der Waals surface area contributed by atoms with Gasteiger partial charge in [0.05, 0.1) is 5.56 Å². The van der Waals surface area contributed by atoms with Crippen molar-refractivity contribution in [2.45, 2.75) is 0 Å². The van der Waals surface area contributed by atoms with Crippen LogP contribution in [-0.2, 0) is 10.1 Å². The first-order valence-electron chi connectivity index (χ1n) is 4.53. The lowest BCUT2D eigenvalue weighted by atomic mass is 10.0. The van der Waals surface area contributed by atoms with Crippen LogP contribution in [-0.4, -0.2) is 24.0 Å². The van der Waals surface area contributed by atoms with E-state index in [0.29, 0.717) is 0 Å². The molecule has 0 bridgehead atoms. The Labute approximate surface area is 111 Å². The number of carboxylic acids is 1. The van der Waals surface area contributed by atoms with Gasteiger partial charge in [-0.05, 0) is 0 Å². The number of benzene rings is 1. The molecule has 1 aromatic rings. The summed E-state index contributed by atoms with van der Waals surface area (Å²) in [6.07, 6.45) is 0. The summed E-state index contributed by atoms with van der Waals surface area (Å²) in [4.78, 5) is 10.6. The van der Waals surface area contributed by atoms with E-state index in [4.69, 9.17) is 9.66 Å². The minimum Gasteiger partial charge on any atom is -0.478 e. The number of aromatic carboxylic acids is 1. The summed E-state index contributed by atoms with van der Waals surface area (Å²) >= 11 is 0. The zero-order valence-corrected chi connectivity index (χ0v) is 10.1. The van der Waals surface area contributed by atoms with E-state index in [2.05, 4.69) is 0 Å². The highest BCUT2D eigenvalue weighted by Gasteiger charge is 2.34. The first-order chi connectivity index (χ1) is 9.41. The van der Waals surface area contributed by atoms with E-state index in [1.165, 1.54) is 0 Å². The number of rotatable bonds is 3. The van der Waals surface area contributed by atoms with Crippen molar-refractivity contribution < 1.29 is 49.2 Å². The molecule has 21 heavy (non-hydrogen) atoms. The lowest BCUT2D eigenvalue weighted by molar-refractivity contribution is 0.0688. The Kier molecular flexibility index (Phi) is 4.34. The Balaban J connectivity index is 4.01. The fourth-order valence-electron chi connectivity index (χ4n) is 1.25. The monoisotopic (exact) mass is 336 g/mol. The van der Waals surface area contributed by atoms with Crippen molar-refractivity contribution in [1.29, 1.82) is 0 Å². The molecule has 0 spiro atoms. The summed E-state index contributed by atoms with van der Waals surface area (Å²) in [5.41, 5.74) is -4.53. The maximum absolute atomic E-state index is 13.4. The second kappa shape index (κ2) is 5.37. The van der Waals surface area contributed by atoms with Crippen LogP contribution in [0.2, 0.25) is 0 Å².